The van der Waals surface area contributed by atoms with Crippen LogP contribution in [0.4, 0.5) is 0 Å². The fourth-order valence-corrected chi connectivity index (χ4v) is 2.68. The Morgan fingerprint density at radius 3 is 2.57 bits per heavy atom. The van der Waals surface area contributed by atoms with E-state index in [1.165, 1.54) is 0 Å². The summed E-state index contributed by atoms with van der Waals surface area (Å²) >= 11 is 6.07. The maximum atomic E-state index is 6.07. The smallest absolute Gasteiger partial charge is 0.283 e. The molecule has 0 radical (unpaired) electrons. The lowest BCUT2D eigenvalue weighted by Crippen LogP contribution is -1.94. The van der Waals surface area contributed by atoms with Gasteiger partial charge < -0.3 is 13.4 Å². The summed E-state index contributed by atoms with van der Waals surface area (Å²) < 4.78 is 13.0. The maximum absolute atomic E-state index is 6.07. The van der Waals surface area contributed by atoms with Gasteiger partial charge in [-0.3, -0.25) is 0 Å². The molecular formula is C17H12ClN3O2. The second-order valence-electron chi connectivity index (χ2n) is 5.06. The number of halogens is 1. The molecule has 5 nitrogen and oxygen atoms in total. The lowest BCUT2D eigenvalue weighted by Gasteiger charge is -2.06. The molecule has 0 aliphatic carbocycles. The molecule has 3 aromatic heterocycles. The molecule has 0 aliphatic heterocycles. The maximum Gasteiger partial charge on any atom is 0.283 e. The van der Waals surface area contributed by atoms with E-state index >= 15 is 0 Å². The van der Waals surface area contributed by atoms with Gasteiger partial charge in [-0.2, -0.15) is 0 Å². The molecule has 23 heavy (non-hydrogen) atoms. The minimum atomic E-state index is 0.357. The first kappa shape index (κ1) is 13.8. The number of rotatable bonds is 3. The van der Waals surface area contributed by atoms with Crippen molar-refractivity contribution in [2.75, 3.05) is 0 Å². The first-order valence-corrected chi connectivity index (χ1v) is 7.39. The number of hydrogen-bond donors (Lipinski definition) is 0. The normalized spacial score (nSPS) is 11.0. The van der Waals surface area contributed by atoms with Gasteiger partial charge in [0.05, 0.1) is 6.26 Å². The van der Waals surface area contributed by atoms with Crippen LogP contribution in [0, 0.1) is 0 Å². The molecule has 1 aromatic carbocycles. The van der Waals surface area contributed by atoms with Crippen LogP contribution < -0.4 is 0 Å². The van der Waals surface area contributed by atoms with E-state index in [0.717, 1.165) is 17.0 Å². The second kappa shape index (κ2) is 5.44. The minimum Gasteiger partial charge on any atom is -0.459 e. The van der Waals surface area contributed by atoms with Crippen LogP contribution in [0.1, 0.15) is 0 Å². The molecule has 0 amide bonds. The second-order valence-corrected chi connectivity index (χ2v) is 5.50. The van der Waals surface area contributed by atoms with Crippen molar-refractivity contribution >= 4 is 11.6 Å². The molecule has 3 heterocycles. The van der Waals surface area contributed by atoms with Crippen LogP contribution in [0.5, 0.6) is 0 Å². The Labute approximate surface area is 137 Å². The predicted octanol–water partition coefficient (Wildman–Crippen LogP) is 4.66. The molecule has 4 aromatic rings. The Morgan fingerprint density at radius 1 is 0.957 bits per heavy atom. The highest BCUT2D eigenvalue weighted by molar-refractivity contribution is 6.30. The number of benzene rings is 1. The van der Waals surface area contributed by atoms with Crippen molar-refractivity contribution in [3.05, 3.63) is 59.8 Å². The van der Waals surface area contributed by atoms with Gasteiger partial charge in [0.25, 0.3) is 11.8 Å². The fourth-order valence-electron chi connectivity index (χ4n) is 2.49. The summed E-state index contributed by atoms with van der Waals surface area (Å²) in [7, 11) is 1.95. The van der Waals surface area contributed by atoms with E-state index in [0.29, 0.717) is 22.6 Å². The van der Waals surface area contributed by atoms with Crippen LogP contribution >= 0.6 is 11.6 Å². The highest BCUT2D eigenvalue weighted by Crippen LogP contribution is 2.30. The lowest BCUT2D eigenvalue weighted by molar-refractivity contribution is 0.521. The summed E-state index contributed by atoms with van der Waals surface area (Å²) in [6, 6.07) is 15.2. The predicted molar refractivity (Wildman–Crippen MR) is 86.9 cm³/mol. The Bertz CT molecular complexity index is 954. The standard InChI is InChI=1S/C17H12ClN3O2/c1-21-13(11-4-2-5-12(18)10-11)7-8-14(21)16-19-20-17(23-16)15-6-3-9-22-15/h2-10H,1H3. The fraction of sp³-hybridized carbons (Fsp3) is 0.0588. The molecular weight excluding hydrogens is 314 g/mol. The zero-order valence-corrected chi connectivity index (χ0v) is 13.0. The molecule has 0 fully saturated rings. The van der Waals surface area contributed by atoms with Crippen molar-refractivity contribution in [3.8, 4) is 34.5 Å². The van der Waals surface area contributed by atoms with E-state index in [1.807, 2.05) is 48.0 Å². The van der Waals surface area contributed by atoms with E-state index in [2.05, 4.69) is 10.2 Å². The largest absolute Gasteiger partial charge is 0.459 e. The van der Waals surface area contributed by atoms with Gasteiger partial charge in [0.1, 0.15) is 5.69 Å². The molecule has 114 valence electrons. The van der Waals surface area contributed by atoms with Crippen molar-refractivity contribution in [2.45, 2.75) is 0 Å². The highest BCUT2D eigenvalue weighted by atomic mass is 35.5. The van der Waals surface area contributed by atoms with E-state index in [4.69, 9.17) is 20.4 Å². The quantitative estimate of drug-likeness (QED) is 0.550. The summed E-state index contributed by atoms with van der Waals surface area (Å²) in [6.45, 7) is 0. The van der Waals surface area contributed by atoms with Crippen molar-refractivity contribution < 1.29 is 8.83 Å². The van der Waals surface area contributed by atoms with Crippen molar-refractivity contribution in [2.24, 2.45) is 7.05 Å². The van der Waals surface area contributed by atoms with Crippen molar-refractivity contribution in [3.63, 3.8) is 0 Å². The summed E-state index contributed by atoms with van der Waals surface area (Å²) in [5, 5.41) is 8.83. The van der Waals surface area contributed by atoms with Gasteiger partial charge in [-0.25, -0.2) is 0 Å². The zero-order chi connectivity index (χ0) is 15.8. The summed E-state index contributed by atoms with van der Waals surface area (Å²) in [5.41, 5.74) is 2.86. The molecule has 0 atom stereocenters. The summed E-state index contributed by atoms with van der Waals surface area (Å²) in [4.78, 5) is 0. The molecule has 0 aliphatic rings. The van der Waals surface area contributed by atoms with Crippen LogP contribution in [0.25, 0.3) is 34.5 Å². The van der Waals surface area contributed by atoms with Crippen LogP contribution in [-0.4, -0.2) is 14.8 Å². The third-order valence-electron chi connectivity index (χ3n) is 3.62. The number of nitrogens with zero attached hydrogens (tertiary/aromatic N) is 3. The summed E-state index contributed by atoms with van der Waals surface area (Å²) in [5.74, 6) is 1.34. The molecule has 0 unspecified atom stereocenters. The van der Waals surface area contributed by atoms with Gasteiger partial charge in [-0.15, -0.1) is 10.2 Å². The average Bonchev–Trinajstić information content (AvgIpc) is 3.27. The van der Waals surface area contributed by atoms with E-state index in [1.54, 1.807) is 18.4 Å². The highest BCUT2D eigenvalue weighted by Gasteiger charge is 2.16. The average molecular weight is 326 g/mol. The first-order chi connectivity index (χ1) is 11.2. The van der Waals surface area contributed by atoms with E-state index in [9.17, 15) is 0 Å². The van der Waals surface area contributed by atoms with Gasteiger partial charge >= 0.3 is 0 Å². The Morgan fingerprint density at radius 2 is 1.78 bits per heavy atom. The Kier molecular flexibility index (Phi) is 3.28. The Balaban J connectivity index is 1.74. The molecule has 6 heteroatoms. The van der Waals surface area contributed by atoms with Gasteiger partial charge in [0, 0.05) is 17.8 Å². The van der Waals surface area contributed by atoms with Gasteiger partial charge in [-0.1, -0.05) is 23.7 Å². The van der Waals surface area contributed by atoms with Crippen LogP contribution in [0.3, 0.4) is 0 Å². The van der Waals surface area contributed by atoms with Crippen LogP contribution in [-0.2, 0) is 7.05 Å². The monoisotopic (exact) mass is 325 g/mol. The molecule has 0 saturated carbocycles. The molecule has 0 saturated heterocycles. The van der Waals surface area contributed by atoms with Crippen molar-refractivity contribution in [1.29, 1.82) is 0 Å². The molecule has 0 spiro atoms. The van der Waals surface area contributed by atoms with Gasteiger partial charge in [0.15, 0.2) is 5.76 Å². The molecule has 0 N–H and O–H groups in total. The SMILES string of the molecule is Cn1c(-c2cccc(Cl)c2)ccc1-c1nnc(-c2ccco2)o1. The molecule has 4 rings (SSSR count). The molecule has 0 bridgehead atoms. The van der Waals surface area contributed by atoms with E-state index < -0.39 is 0 Å². The van der Waals surface area contributed by atoms with Crippen LogP contribution in [0.15, 0.2) is 63.6 Å². The first-order valence-electron chi connectivity index (χ1n) is 7.02. The van der Waals surface area contributed by atoms with Crippen LogP contribution in [0.2, 0.25) is 5.02 Å². The number of aromatic nitrogens is 3. The number of hydrogen-bond acceptors (Lipinski definition) is 4. The lowest BCUT2D eigenvalue weighted by atomic mass is 10.1. The minimum absolute atomic E-state index is 0.357. The zero-order valence-electron chi connectivity index (χ0n) is 12.2. The third kappa shape index (κ3) is 2.45. The van der Waals surface area contributed by atoms with Gasteiger partial charge in [-0.05, 0) is 42.0 Å². The third-order valence-corrected chi connectivity index (χ3v) is 3.85. The topological polar surface area (TPSA) is 57.0 Å². The van der Waals surface area contributed by atoms with Crippen molar-refractivity contribution in [1.82, 2.24) is 14.8 Å². The van der Waals surface area contributed by atoms with Gasteiger partial charge in [0.2, 0.25) is 0 Å². The summed E-state index contributed by atoms with van der Waals surface area (Å²) in [6.07, 6.45) is 1.57. The van der Waals surface area contributed by atoms with E-state index in [-0.39, 0.29) is 0 Å². The Hall–Kier alpha value is -2.79. The number of furan rings is 1.